The van der Waals surface area contributed by atoms with Gasteiger partial charge in [-0.25, -0.2) is 0 Å². The molecule has 1 heterocycles. The van der Waals surface area contributed by atoms with Crippen LogP contribution in [-0.4, -0.2) is 60.4 Å². The third kappa shape index (κ3) is 6.28. The maximum atomic E-state index is 6.77. The third-order valence-electron chi connectivity index (χ3n) is 5.86. The first-order valence-corrected chi connectivity index (χ1v) is 12.3. The molecule has 1 rings (SSSR count). The van der Waals surface area contributed by atoms with Crippen molar-refractivity contribution >= 4 is 8.32 Å². The smallest absolute Gasteiger partial charge is 0.200 e. The summed E-state index contributed by atoms with van der Waals surface area (Å²) in [6.07, 6.45) is 0.555. The maximum Gasteiger partial charge on any atom is 0.200 e. The summed E-state index contributed by atoms with van der Waals surface area (Å²) in [5.41, 5.74) is 1.69. The molecule has 0 amide bonds. The molecular formula is C20H42O5Si. The fraction of sp³-hybridized carbons (Fsp3) is 1.00. The minimum atomic E-state index is -1.91. The molecule has 0 radical (unpaired) electrons. The van der Waals surface area contributed by atoms with Crippen LogP contribution in [0.2, 0.25) is 16.6 Å². The van der Waals surface area contributed by atoms with Crippen molar-refractivity contribution < 1.29 is 23.4 Å². The summed E-state index contributed by atoms with van der Waals surface area (Å²) in [4.78, 5) is 0. The minimum absolute atomic E-state index is 0.0179. The zero-order valence-corrected chi connectivity index (χ0v) is 19.4. The van der Waals surface area contributed by atoms with Crippen molar-refractivity contribution in [2.75, 3.05) is 33.7 Å². The van der Waals surface area contributed by atoms with E-state index in [-0.39, 0.29) is 24.9 Å². The van der Waals surface area contributed by atoms with Crippen LogP contribution in [0, 0.1) is 5.92 Å². The van der Waals surface area contributed by atoms with Gasteiger partial charge in [-0.05, 0) is 23.5 Å². The summed E-state index contributed by atoms with van der Waals surface area (Å²) in [7, 11) is -0.240. The molecule has 0 aromatic carbocycles. The summed E-state index contributed by atoms with van der Waals surface area (Å²) >= 11 is 0. The van der Waals surface area contributed by atoms with Gasteiger partial charge < -0.3 is 23.4 Å². The number of hydrogen-bond acceptors (Lipinski definition) is 5. The molecular weight excluding hydrogens is 348 g/mol. The van der Waals surface area contributed by atoms with Gasteiger partial charge >= 0.3 is 0 Å². The first-order chi connectivity index (χ1) is 12.2. The zero-order valence-electron chi connectivity index (χ0n) is 18.4. The Hall–Kier alpha value is 0.0169. The molecule has 1 saturated heterocycles. The maximum absolute atomic E-state index is 6.77. The molecule has 0 bridgehead atoms. The van der Waals surface area contributed by atoms with Gasteiger partial charge in [0.15, 0.2) is 8.32 Å². The Morgan fingerprint density at radius 1 is 0.923 bits per heavy atom. The Balaban J connectivity index is 2.73. The van der Waals surface area contributed by atoms with Crippen molar-refractivity contribution in [1.82, 2.24) is 0 Å². The predicted molar refractivity (Wildman–Crippen MR) is 108 cm³/mol. The summed E-state index contributed by atoms with van der Waals surface area (Å²) in [5, 5.41) is 0. The zero-order chi connectivity index (χ0) is 19.9. The Labute approximate surface area is 162 Å². The van der Waals surface area contributed by atoms with Gasteiger partial charge in [0.25, 0.3) is 0 Å². The van der Waals surface area contributed by atoms with E-state index in [2.05, 4.69) is 55.4 Å². The molecule has 5 nitrogen and oxygen atoms in total. The van der Waals surface area contributed by atoms with Gasteiger partial charge in [0.05, 0.1) is 38.1 Å². The van der Waals surface area contributed by atoms with Crippen molar-refractivity contribution in [3.8, 4) is 0 Å². The molecule has 0 saturated carbocycles. The summed E-state index contributed by atoms with van der Waals surface area (Å²) < 4.78 is 29.1. The number of rotatable bonds is 14. The van der Waals surface area contributed by atoms with Gasteiger partial charge in [0.1, 0.15) is 6.79 Å². The Morgan fingerprint density at radius 2 is 1.46 bits per heavy atom. The van der Waals surface area contributed by atoms with Crippen molar-refractivity contribution in [2.24, 2.45) is 5.92 Å². The van der Waals surface area contributed by atoms with Crippen molar-refractivity contribution in [1.29, 1.82) is 0 Å². The van der Waals surface area contributed by atoms with Crippen LogP contribution in [0.5, 0.6) is 0 Å². The van der Waals surface area contributed by atoms with Crippen molar-refractivity contribution in [3.63, 3.8) is 0 Å². The van der Waals surface area contributed by atoms with Crippen LogP contribution in [0.25, 0.3) is 0 Å². The van der Waals surface area contributed by atoms with Crippen LogP contribution in [0.4, 0.5) is 0 Å². The van der Waals surface area contributed by atoms with Crippen LogP contribution in [0.1, 0.15) is 55.4 Å². The SMILES string of the molecule is COCCOCO[C@@H](CO[Si](C(C)C)(C(C)C)C(C)C)[C@@H](C)[C@@H]1O[C@H]1C. The third-order valence-corrected chi connectivity index (χ3v) is 11.9. The van der Waals surface area contributed by atoms with E-state index in [0.29, 0.717) is 42.5 Å². The molecule has 26 heavy (non-hydrogen) atoms. The van der Waals surface area contributed by atoms with Gasteiger partial charge in [-0.2, -0.15) is 0 Å². The average Bonchev–Trinajstić information content (AvgIpc) is 3.28. The fourth-order valence-corrected chi connectivity index (χ4v) is 9.83. The summed E-state index contributed by atoms with van der Waals surface area (Å²) in [5.74, 6) is 0.286. The minimum Gasteiger partial charge on any atom is -0.413 e. The van der Waals surface area contributed by atoms with E-state index in [4.69, 9.17) is 23.4 Å². The van der Waals surface area contributed by atoms with Crippen LogP contribution in [-0.2, 0) is 23.4 Å². The van der Waals surface area contributed by atoms with Crippen molar-refractivity contribution in [2.45, 2.75) is 90.3 Å². The molecule has 156 valence electrons. The van der Waals surface area contributed by atoms with Gasteiger partial charge in [0.2, 0.25) is 0 Å². The molecule has 6 heteroatoms. The molecule has 1 fully saturated rings. The van der Waals surface area contributed by atoms with Crippen LogP contribution in [0.3, 0.4) is 0 Å². The molecule has 0 N–H and O–H groups in total. The molecule has 0 aliphatic carbocycles. The van der Waals surface area contributed by atoms with E-state index in [9.17, 15) is 0 Å². The van der Waals surface area contributed by atoms with Gasteiger partial charge in [-0.15, -0.1) is 0 Å². The number of hydrogen-bond donors (Lipinski definition) is 0. The van der Waals surface area contributed by atoms with E-state index < -0.39 is 8.32 Å². The van der Waals surface area contributed by atoms with Crippen LogP contribution in [0.15, 0.2) is 0 Å². The molecule has 4 atom stereocenters. The lowest BCUT2D eigenvalue weighted by Gasteiger charge is -2.43. The highest BCUT2D eigenvalue weighted by Gasteiger charge is 2.47. The van der Waals surface area contributed by atoms with E-state index in [0.717, 1.165) is 0 Å². The van der Waals surface area contributed by atoms with Crippen LogP contribution >= 0.6 is 0 Å². The van der Waals surface area contributed by atoms with Crippen LogP contribution < -0.4 is 0 Å². The first kappa shape index (κ1) is 24.1. The summed E-state index contributed by atoms with van der Waals surface area (Å²) in [6, 6.07) is 0. The summed E-state index contributed by atoms with van der Waals surface area (Å²) in [6.45, 7) is 20.2. The second-order valence-electron chi connectivity index (χ2n) is 8.52. The molecule has 0 spiro atoms. The van der Waals surface area contributed by atoms with Crippen molar-refractivity contribution in [3.05, 3.63) is 0 Å². The average molecular weight is 391 g/mol. The normalized spacial score (nSPS) is 23.1. The Bertz CT molecular complexity index is 367. The lowest BCUT2D eigenvalue weighted by molar-refractivity contribution is -0.124. The number of epoxide rings is 1. The predicted octanol–water partition coefficient (Wildman–Crippen LogP) is 4.61. The second kappa shape index (κ2) is 11.1. The highest BCUT2D eigenvalue weighted by molar-refractivity contribution is 6.77. The number of ether oxygens (including phenoxy) is 4. The van der Waals surface area contributed by atoms with E-state index in [1.165, 1.54) is 0 Å². The standard InChI is InChI=1S/C20H42O5Si/c1-14(2)26(15(3)4,16(5)6)24-12-19(17(7)20-18(8)25-20)23-13-22-11-10-21-9/h14-20H,10-13H2,1-9H3/t17-,18+,19+,20+/m1/s1. The highest BCUT2D eigenvalue weighted by Crippen LogP contribution is 2.43. The number of methoxy groups -OCH3 is 1. The van der Waals surface area contributed by atoms with Gasteiger partial charge in [-0.3, -0.25) is 0 Å². The lowest BCUT2D eigenvalue weighted by atomic mass is 10.00. The first-order valence-electron chi connectivity index (χ1n) is 10.2. The van der Waals surface area contributed by atoms with E-state index in [1.54, 1.807) is 7.11 Å². The van der Waals surface area contributed by atoms with Gasteiger partial charge in [-0.1, -0.05) is 48.5 Å². The fourth-order valence-electron chi connectivity index (χ4n) is 4.38. The molecule has 1 aliphatic heterocycles. The quantitative estimate of drug-likeness (QED) is 0.188. The van der Waals surface area contributed by atoms with Gasteiger partial charge in [0, 0.05) is 13.0 Å². The monoisotopic (exact) mass is 390 g/mol. The molecule has 0 aromatic rings. The lowest BCUT2D eigenvalue weighted by Crippen LogP contribution is -2.50. The van der Waals surface area contributed by atoms with E-state index in [1.807, 2.05) is 0 Å². The topological polar surface area (TPSA) is 49.5 Å². The van der Waals surface area contributed by atoms with E-state index >= 15 is 0 Å². The highest BCUT2D eigenvalue weighted by atomic mass is 28.4. The largest absolute Gasteiger partial charge is 0.413 e. The molecule has 0 aromatic heterocycles. The Kier molecular flexibility index (Phi) is 10.3. The Morgan fingerprint density at radius 3 is 1.88 bits per heavy atom. The molecule has 0 unspecified atom stereocenters. The molecule has 1 aliphatic rings. The second-order valence-corrected chi connectivity index (χ2v) is 14.0.